The van der Waals surface area contributed by atoms with Crippen LogP contribution < -0.4 is 5.32 Å². The Morgan fingerprint density at radius 1 is 1.06 bits per heavy atom. The van der Waals surface area contributed by atoms with Crippen LogP contribution >= 0.6 is 0 Å². The minimum Gasteiger partial charge on any atom is -0.387 e. The number of rotatable bonds is 2. The summed E-state index contributed by atoms with van der Waals surface area (Å²) in [6, 6.07) is 4.56. The summed E-state index contributed by atoms with van der Waals surface area (Å²) < 4.78 is 0. The van der Waals surface area contributed by atoms with Crippen molar-refractivity contribution in [3.05, 3.63) is 34.4 Å². The number of aliphatic hydroxyl groups excluding tert-OH is 1. The highest BCUT2D eigenvalue weighted by molar-refractivity contribution is 5.38. The molecule has 1 heterocycles. The summed E-state index contributed by atoms with van der Waals surface area (Å²) in [4.78, 5) is 0. The normalized spacial score (nSPS) is 22.6. The molecular weight excluding hydrogens is 222 g/mol. The van der Waals surface area contributed by atoms with Crippen molar-refractivity contribution in [3.63, 3.8) is 0 Å². The Labute approximate surface area is 110 Å². The van der Waals surface area contributed by atoms with E-state index in [2.05, 4.69) is 38.2 Å². The van der Waals surface area contributed by atoms with Gasteiger partial charge in [0.2, 0.25) is 0 Å². The first kappa shape index (κ1) is 13.6. The fourth-order valence-electron chi connectivity index (χ4n) is 2.84. The van der Waals surface area contributed by atoms with Crippen molar-refractivity contribution in [1.82, 2.24) is 5.32 Å². The molecule has 2 rings (SSSR count). The van der Waals surface area contributed by atoms with Crippen LogP contribution in [-0.2, 0) is 0 Å². The van der Waals surface area contributed by atoms with Crippen LogP contribution in [0.3, 0.4) is 0 Å². The molecule has 2 nitrogen and oxygen atoms in total. The second-order valence-electron chi connectivity index (χ2n) is 5.65. The third-order valence-electron chi connectivity index (χ3n) is 4.18. The third kappa shape index (κ3) is 2.93. The lowest BCUT2D eigenvalue weighted by Crippen LogP contribution is -2.34. The summed E-state index contributed by atoms with van der Waals surface area (Å²) in [5.41, 5.74) is 4.87. The van der Waals surface area contributed by atoms with E-state index in [0.29, 0.717) is 0 Å². The Morgan fingerprint density at radius 3 is 2.56 bits per heavy atom. The van der Waals surface area contributed by atoms with E-state index >= 15 is 0 Å². The highest BCUT2D eigenvalue weighted by Gasteiger charge is 2.23. The molecule has 1 aliphatic heterocycles. The molecule has 2 unspecified atom stereocenters. The van der Waals surface area contributed by atoms with Gasteiger partial charge in [0.25, 0.3) is 0 Å². The van der Waals surface area contributed by atoms with Gasteiger partial charge in [-0.1, -0.05) is 25.0 Å². The molecule has 18 heavy (non-hydrogen) atoms. The number of aliphatic hydroxyl groups is 1. The molecule has 0 spiro atoms. The predicted octanol–water partition coefficient (Wildman–Crippen LogP) is 3.18. The second-order valence-corrected chi connectivity index (χ2v) is 5.65. The van der Waals surface area contributed by atoms with Gasteiger partial charge in [0, 0.05) is 6.04 Å². The van der Waals surface area contributed by atoms with Gasteiger partial charge in [-0.2, -0.15) is 0 Å². The first-order valence-corrected chi connectivity index (χ1v) is 7.09. The maximum absolute atomic E-state index is 10.6. The molecule has 0 radical (unpaired) electrons. The molecular formula is C16H25NO. The molecule has 2 atom stereocenters. The Kier molecular flexibility index (Phi) is 4.41. The molecule has 1 aromatic rings. The van der Waals surface area contributed by atoms with Gasteiger partial charge in [0.15, 0.2) is 0 Å². The van der Waals surface area contributed by atoms with E-state index in [9.17, 15) is 5.11 Å². The first-order chi connectivity index (χ1) is 8.59. The zero-order valence-electron chi connectivity index (χ0n) is 11.8. The molecule has 0 aromatic heterocycles. The van der Waals surface area contributed by atoms with Gasteiger partial charge >= 0.3 is 0 Å². The van der Waals surface area contributed by atoms with Crippen molar-refractivity contribution in [2.24, 2.45) is 0 Å². The minimum atomic E-state index is -0.373. The molecule has 1 saturated heterocycles. The van der Waals surface area contributed by atoms with E-state index in [4.69, 9.17) is 0 Å². The number of hydrogen-bond acceptors (Lipinski definition) is 2. The lowest BCUT2D eigenvalue weighted by molar-refractivity contribution is 0.125. The van der Waals surface area contributed by atoms with Gasteiger partial charge in [-0.15, -0.1) is 0 Å². The minimum absolute atomic E-state index is 0.216. The molecule has 100 valence electrons. The van der Waals surface area contributed by atoms with Crippen LogP contribution in [0.4, 0.5) is 0 Å². The molecule has 0 bridgehead atoms. The molecule has 0 aliphatic carbocycles. The largest absolute Gasteiger partial charge is 0.387 e. The fourth-order valence-corrected chi connectivity index (χ4v) is 2.84. The maximum Gasteiger partial charge on any atom is 0.0945 e. The number of hydrogen-bond donors (Lipinski definition) is 2. The highest BCUT2D eigenvalue weighted by Crippen LogP contribution is 2.27. The monoisotopic (exact) mass is 247 g/mol. The van der Waals surface area contributed by atoms with E-state index in [1.54, 1.807) is 0 Å². The SMILES string of the molecule is Cc1cc(C)c(C(O)C2CCCCCN2)cc1C. The molecule has 1 aliphatic rings. The van der Waals surface area contributed by atoms with E-state index in [1.807, 2.05) is 0 Å². The second kappa shape index (κ2) is 5.85. The highest BCUT2D eigenvalue weighted by atomic mass is 16.3. The van der Waals surface area contributed by atoms with Gasteiger partial charge in [-0.3, -0.25) is 0 Å². The summed E-state index contributed by atoms with van der Waals surface area (Å²) >= 11 is 0. The lowest BCUT2D eigenvalue weighted by Gasteiger charge is -2.25. The van der Waals surface area contributed by atoms with Gasteiger partial charge < -0.3 is 10.4 Å². The van der Waals surface area contributed by atoms with Crippen molar-refractivity contribution in [2.75, 3.05) is 6.54 Å². The standard InChI is InChI=1S/C16H25NO/c1-11-9-13(3)14(10-12(11)2)16(18)15-7-5-4-6-8-17-15/h9-10,15-18H,4-8H2,1-3H3. The molecule has 2 N–H and O–H groups in total. The van der Waals surface area contributed by atoms with Gasteiger partial charge in [-0.05, 0) is 62.4 Å². The molecule has 0 amide bonds. The maximum atomic E-state index is 10.6. The Morgan fingerprint density at radius 2 is 1.78 bits per heavy atom. The van der Waals surface area contributed by atoms with Crippen LogP contribution in [0.25, 0.3) is 0 Å². The summed E-state index contributed by atoms with van der Waals surface area (Å²) in [6.45, 7) is 7.38. The van der Waals surface area contributed by atoms with Crippen molar-refractivity contribution in [3.8, 4) is 0 Å². The van der Waals surface area contributed by atoms with Gasteiger partial charge in [0.1, 0.15) is 0 Å². The van der Waals surface area contributed by atoms with Gasteiger partial charge in [-0.25, -0.2) is 0 Å². The predicted molar refractivity (Wildman–Crippen MR) is 75.9 cm³/mol. The van der Waals surface area contributed by atoms with E-state index < -0.39 is 0 Å². The summed E-state index contributed by atoms with van der Waals surface area (Å²) in [7, 11) is 0. The topological polar surface area (TPSA) is 32.3 Å². The van der Waals surface area contributed by atoms with Crippen LogP contribution in [-0.4, -0.2) is 17.7 Å². The number of aryl methyl sites for hydroxylation is 3. The summed E-state index contributed by atoms with van der Waals surface area (Å²) in [5, 5.41) is 14.1. The van der Waals surface area contributed by atoms with Crippen LogP contribution in [0.5, 0.6) is 0 Å². The van der Waals surface area contributed by atoms with Crippen molar-refractivity contribution in [1.29, 1.82) is 0 Å². The smallest absolute Gasteiger partial charge is 0.0945 e. The van der Waals surface area contributed by atoms with Crippen molar-refractivity contribution >= 4 is 0 Å². The molecule has 1 aromatic carbocycles. The summed E-state index contributed by atoms with van der Waals surface area (Å²) in [5.74, 6) is 0. The summed E-state index contributed by atoms with van der Waals surface area (Å²) in [6.07, 6.45) is 4.44. The first-order valence-electron chi connectivity index (χ1n) is 7.09. The number of nitrogens with one attached hydrogen (secondary N) is 1. The molecule has 2 heteroatoms. The Hall–Kier alpha value is -0.860. The van der Waals surface area contributed by atoms with Crippen LogP contribution in [0.15, 0.2) is 12.1 Å². The van der Waals surface area contributed by atoms with E-state index in [-0.39, 0.29) is 12.1 Å². The van der Waals surface area contributed by atoms with Crippen LogP contribution in [0, 0.1) is 20.8 Å². The van der Waals surface area contributed by atoms with Crippen molar-refractivity contribution in [2.45, 2.75) is 58.6 Å². The average Bonchev–Trinajstić information content (AvgIpc) is 2.61. The lowest BCUT2D eigenvalue weighted by atomic mass is 9.92. The Balaban J connectivity index is 2.21. The zero-order valence-corrected chi connectivity index (χ0v) is 11.8. The molecule has 0 saturated carbocycles. The average molecular weight is 247 g/mol. The van der Waals surface area contributed by atoms with Crippen molar-refractivity contribution < 1.29 is 5.11 Å². The van der Waals surface area contributed by atoms with E-state index in [0.717, 1.165) is 18.5 Å². The fraction of sp³-hybridized carbons (Fsp3) is 0.625. The van der Waals surface area contributed by atoms with Gasteiger partial charge in [0.05, 0.1) is 6.10 Å². The zero-order chi connectivity index (χ0) is 13.1. The number of benzene rings is 1. The Bertz CT molecular complexity index is 406. The quantitative estimate of drug-likeness (QED) is 0.841. The van der Waals surface area contributed by atoms with Crippen LogP contribution in [0.2, 0.25) is 0 Å². The molecule has 1 fully saturated rings. The van der Waals surface area contributed by atoms with E-state index in [1.165, 1.54) is 36.0 Å². The third-order valence-corrected chi connectivity index (χ3v) is 4.18. The van der Waals surface area contributed by atoms with Crippen LogP contribution in [0.1, 0.15) is 54.0 Å².